The van der Waals surface area contributed by atoms with Crippen LogP contribution in [0.1, 0.15) is 51.7 Å². The Morgan fingerprint density at radius 2 is 2.00 bits per heavy atom. The van der Waals surface area contributed by atoms with Gasteiger partial charge in [-0.1, -0.05) is 18.6 Å². The van der Waals surface area contributed by atoms with Crippen LogP contribution in [-0.4, -0.2) is 60.8 Å². The maximum Gasteiger partial charge on any atom is 0.387 e. The zero-order chi connectivity index (χ0) is 21.2. The lowest BCUT2D eigenvalue weighted by Crippen LogP contribution is -2.46. The van der Waals surface area contributed by atoms with Crippen molar-refractivity contribution in [2.45, 2.75) is 64.8 Å². The van der Waals surface area contributed by atoms with E-state index in [2.05, 4.69) is 39.1 Å². The molecule has 0 bridgehead atoms. The summed E-state index contributed by atoms with van der Waals surface area (Å²) in [5, 5.41) is 16.7. The number of piperidine rings is 1. The van der Waals surface area contributed by atoms with Gasteiger partial charge in [-0.3, -0.25) is 9.89 Å². The van der Waals surface area contributed by atoms with Gasteiger partial charge in [0.15, 0.2) is 5.96 Å². The van der Waals surface area contributed by atoms with E-state index in [4.69, 9.17) is 0 Å². The molecule has 0 spiro atoms. The van der Waals surface area contributed by atoms with Crippen LogP contribution in [0, 0.1) is 0 Å². The summed E-state index contributed by atoms with van der Waals surface area (Å²) in [6.45, 7) is 6.38. The maximum atomic E-state index is 12.2. The molecule has 3 N–H and O–H groups in total. The normalized spacial score (nSPS) is 20.4. The zero-order valence-corrected chi connectivity index (χ0v) is 17.6. The Morgan fingerprint density at radius 3 is 2.62 bits per heavy atom. The van der Waals surface area contributed by atoms with Crippen molar-refractivity contribution in [2.24, 2.45) is 4.99 Å². The highest BCUT2D eigenvalue weighted by molar-refractivity contribution is 5.79. The molecule has 1 aromatic rings. The van der Waals surface area contributed by atoms with Gasteiger partial charge in [0, 0.05) is 25.2 Å². The molecule has 0 amide bonds. The van der Waals surface area contributed by atoms with Crippen LogP contribution in [-0.2, 0) is 0 Å². The molecule has 1 saturated heterocycles. The van der Waals surface area contributed by atoms with Gasteiger partial charge in [-0.2, -0.15) is 8.78 Å². The third-order valence-electron chi connectivity index (χ3n) is 5.23. The third kappa shape index (κ3) is 7.78. The molecule has 0 radical (unpaired) electrons. The van der Waals surface area contributed by atoms with Crippen molar-refractivity contribution >= 4 is 5.96 Å². The lowest BCUT2D eigenvalue weighted by molar-refractivity contribution is -0.0498. The Morgan fingerprint density at radius 1 is 1.28 bits per heavy atom. The number of aliphatic hydroxyl groups excluding tert-OH is 1. The summed E-state index contributed by atoms with van der Waals surface area (Å²) in [5.74, 6) is 0.723. The number of likely N-dealkylation sites (tertiary alicyclic amines) is 1. The van der Waals surface area contributed by atoms with E-state index in [-0.39, 0.29) is 12.3 Å². The van der Waals surface area contributed by atoms with E-state index in [1.54, 1.807) is 12.1 Å². The summed E-state index contributed by atoms with van der Waals surface area (Å²) in [6.07, 6.45) is 2.98. The number of nitrogens with zero attached hydrogens (tertiary/aromatic N) is 2. The molecule has 3 atom stereocenters. The summed E-state index contributed by atoms with van der Waals surface area (Å²) < 4.78 is 28.8. The number of alkyl halides is 2. The van der Waals surface area contributed by atoms with E-state index < -0.39 is 12.7 Å². The van der Waals surface area contributed by atoms with E-state index in [0.717, 1.165) is 13.1 Å². The van der Waals surface area contributed by atoms with E-state index in [1.807, 2.05) is 6.92 Å². The summed E-state index contributed by atoms with van der Waals surface area (Å²) in [5.41, 5.74) is 0.616. The van der Waals surface area contributed by atoms with Crippen LogP contribution in [0.3, 0.4) is 0 Å². The second kappa shape index (κ2) is 11.9. The molecule has 1 heterocycles. The highest BCUT2D eigenvalue weighted by Crippen LogP contribution is 2.20. The first-order valence-electron chi connectivity index (χ1n) is 10.4. The average molecular weight is 413 g/mol. The monoisotopic (exact) mass is 412 g/mol. The number of guanidine groups is 1. The van der Waals surface area contributed by atoms with Crippen molar-refractivity contribution in [2.75, 3.05) is 26.2 Å². The third-order valence-corrected chi connectivity index (χ3v) is 5.23. The summed E-state index contributed by atoms with van der Waals surface area (Å²) in [7, 11) is 0. The molecular weight excluding hydrogens is 378 g/mol. The lowest BCUT2D eigenvalue weighted by Gasteiger charge is -2.37. The fraction of sp³-hybridized carbons (Fsp3) is 0.667. The fourth-order valence-corrected chi connectivity index (χ4v) is 3.63. The molecule has 1 aliphatic rings. The standard InChI is InChI=1S/C21H34F2N4O2/c1-4-24-21(25-13-16(3)27-12-6-5-7-15(27)2)26-14-19(28)17-8-10-18(11-9-17)29-20(22)23/h8-11,15-16,19-20,28H,4-7,12-14H2,1-3H3,(H2,24,25,26). The number of benzene rings is 1. The average Bonchev–Trinajstić information content (AvgIpc) is 2.70. The molecule has 1 aliphatic heterocycles. The van der Waals surface area contributed by atoms with Gasteiger partial charge in [0.1, 0.15) is 5.75 Å². The van der Waals surface area contributed by atoms with Crippen molar-refractivity contribution in [1.29, 1.82) is 0 Å². The first-order chi connectivity index (χ1) is 13.9. The minimum absolute atomic E-state index is 0.0692. The smallest absolute Gasteiger partial charge is 0.387 e. The van der Waals surface area contributed by atoms with Crippen molar-refractivity contribution < 1.29 is 18.6 Å². The summed E-state index contributed by atoms with van der Waals surface area (Å²) >= 11 is 0. The van der Waals surface area contributed by atoms with Crippen LogP contribution in [0.4, 0.5) is 8.78 Å². The highest BCUT2D eigenvalue weighted by Gasteiger charge is 2.22. The maximum absolute atomic E-state index is 12.2. The number of hydrogen-bond donors (Lipinski definition) is 3. The molecule has 0 aromatic heterocycles. The van der Waals surface area contributed by atoms with Crippen molar-refractivity contribution in [3.63, 3.8) is 0 Å². The van der Waals surface area contributed by atoms with Crippen molar-refractivity contribution in [3.8, 4) is 5.75 Å². The minimum atomic E-state index is -2.86. The largest absolute Gasteiger partial charge is 0.435 e. The summed E-state index contributed by atoms with van der Waals surface area (Å²) in [4.78, 5) is 7.18. The van der Waals surface area contributed by atoms with Crippen LogP contribution in [0.2, 0.25) is 0 Å². The predicted octanol–water partition coefficient (Wildman–Crippen LogP) is 3.14. The molecule has 1 fully saturated rings. The van der Waals surface area contributed by atoms with E-state index >= 15 is 0 Å². The number of aliphatic hydroxyl groups is 1. The Balaban J connectivity index is 1.87. The second-order valence-corrected chi connectivity index (χ2v) is 7.50. The van der Waals surface area contributed by atoms with Crippen LogP contribution >= 0.6 is 0 Å². The van der Waals surface area contributed by atoms with Gasteiger partial charge >= 0.3 is 6.61 Å². The summed E-state index contributed by atoms with van der Waals surface area (Å²) in [6, 6.07) is 6.94. The highest BCUT2D eigenvalue weighted by atomic mass is 19.3. The van der Waals surface area contributed by atoms with Gasteiger partial charge in [-0.05, 0) is 57.9 Å². The van der Waals surface area contributed by atoms with Crippen molar-refractivity contribution in [1.82, 2.24) is 15.5 Å². The van der Waals surface area contributed by atoms with Gasteiger partial charge in [-0.25, -0.2) is 0 Å². The molecule has 0 saturated carbocycles. The second-order valence-electron chi connectivity index (χ2n) is 7.50. The molecule has 8 heteroatoms. The Labute approximate surface area is 172 Å². The zero-order valence-electron chi connectivity index (χ0n) is 17.6. The molecule has 2 rings (SSSR count). The number of ether oxygens (including phenoxy) is 1. The number of nitrogens with one attached hydrogen (secondary N) is 2. The Kier molecular flexibility index (Phi) is 9.60. The molecule has 164 valence electrons. The van der Waals surface area contributed by atoms with E-state index in [0.29, 0.717) is 30.2 Å². The molecule has 3 unspecified atom stereocenters. The number of hydrogen-bond acceptors (Lipinski definition) is 4. The quantitative estimate of drug-likeness (QED) is 0.429. The minimum Gasteiger partial charge on any atom is -0.435 e. The van der Waals surface area contributed by atoms with Gasteiger partial charge in [0.25, 0.3) is 0 Å². The van der Waals surface area contributed by atoms with Gasteiger partial charge in [0.05, 0.1) is 12.6 Å². The topological polar surface area (TPSA) is 69.1 Å². The van der Waals surface area contributed by atoms with E-state index in [1.165, 1.54) is 31.4 Å². The Bertz CT molecular complexity index is 628. The lowest BCUT2D eigenvalue weighted by atomic mass is 10.0. The first-order valence-corrected chi connectivity index (χ1v) is 10.4. The van der Waals surface area contributed by atoms with Gasteiger partial charge < -0.3 is 20.5 Å². The molecule has 6 nitrogen and oxygen atoms in total. The Hall–Kier alpha value is -1.93. The number of aliphatic imine (C=N–C) groups is 1. The first kappa shape index (κ1) is 23.3. The van der Waals surface area contributed by atoms with Crippen LogP contribution in [0.15, 0.2) is 29.3 Å². The van der Waals surface area contributed by atoms with Gasteiger partial charge in [-0.15, -0.1) is 0 Å². The van der Waals surface area contributed by atoms with E-state index in [9.17, 15) is 13.9 Å². The van der Waals surface area contributed by atoms with Crippen LogP contribution in [0.5, 0.6) is 5.75 Å². The molecule has 29 heavy (non-hydrogen) atoms. The number of halogens is 2. The van der Waals surface area contributed by atoms with Crippen LogP contribution < -0.4 is 15.4 Å². The van der Waals surface area contributed by atoms with Crippen LogP contribution in [0.25, 0.3) is 0 Å². The SMILES string of the molecule is CCNC(=NCC(C)N1CCCCC1C)NCC(O)c1ccc(OC(F)F)cc1. The number of rotatable bonds is 9. The predicted molar refractivity (Wildman–Crippen MR) is 111 cm³/mol. The fourth-order valence-electron chi connectivity index (χ4n) is 3.63. The molecule has 0 aliphatic carbocycles. The molecular formula is C21H34F2N4O2. The molecule has 1 aromatic carbocycles. The van der Waals surface area contributed by atoms with Crippen molar-refractivity contribution in [3.05, 3.63) is 29.8 Å². The van der Waals surface area contributed by atoms with Gasteiger partial charge in [0.2, 0.25) is 0 Å².